The van der Waals surface area contributed by atoms with Crippen LogP contribution in [0.5, 0.6) is 0 Å². The van der Waals surface area contributed by atoms with Gasteiger partial charge in [0.1, 0.15) is 11.6 Å². The number of hydrogen-bond donors (Lipinski definition) is 0. The highest BCUT2D eigenvalue weighted by atomic mass is 19.3. The van der Waals surface area contributed by atoms with Crippen LogP contribution in [-0.4, -0.2) is 29.8 Å². The zero-order chi connectivity index (χ0) is 12.6. The zero-order valence-corrected chi connectivity index (χ0v) is 9.99. The number of halogens is 2. The van der Waals surface area contributed by atoms with Gasteiger partial charge in [-0.3, -0.25) is 9.79 Å². The Balaban J connectivity index is 2.18. The van der Waals surface area contributed by atoms with Gasteiger partial charge in [-0.25, -0.2) is 13.8 Å². The van der Waals surface area contributed by atoms with Gasteiger partial charge in [0.05, 0.1) is 12.0 Å². The van der Waals surface area contributed by atoms with Crippen molar-refractivity contribution in [3.05, 3.63) is 0 Å². The highest BCUT2D eigenvalue weighted by Crippen LogP contribution is 2.43. The molecule has 94 valence electrons. The first-order valence-electron chi connectivity index (χ1n) is 5.86. The minimum absolute atomic E-state index is 0.0507. The predicted octanol–water partition coefficient (Wildman–Crippen LogP) is 2.50. The van der Waals surface area contributed by atoms with Crippen molar-refractivity contribution in [2.75, 3.05) is 0 Å². The second-order valence-corrected chi connectivity index (χ2v) is 4.94. The van der Waals surface area contributed by atoms with E-state index in [-0.39, 0.29) is 30.6 Å². The number of carbonyl (C=O) groups is 1. The molecule has 1 aliphatic heterocycles. The fourth-order valence-corrected chi connectivity index (χ4v) is 2.63. The fraction of sp³-hybridized carbons (Fsp3) is 0.750. The van der Waals surface area contributed by atoms with Crippen LogP contribution in [-0.2, 0) is 4.79 Å². The van der Waals surface area contributed by atoms with Crippen LogP contribution in [0.4, 0.5) is 8.78 Å². The lowest BCUT2D eigenvalue weighted by molar-refractivity contribution is -0.119. The summed E-state index contributed by atoms with van der Waals surface area (Å²) in [4.78, 5) is 19.8. The Morgan fingerprint density at radius 2 is 2.24 bits per heavy atom. The molecule has 0 spiro atoms. The summed E-state index contributed by atoms with van der Waals surface area (Å²) < 4.78 is 26.4. The highest BCUT2D eigenvalue weighted by Gasteiger charge is 2.45. The number of aliphatic imine (C=N–C) groups is 2. The normalized spacial score (nSPS) is 35.8. The highest BCUT2D eigenvalue weighted by molar-refractivity contribution is 6.01. The standard InChI is InChI=1S/C12H16F2N2O/c1-7(17)10-6-15-8(2)16-11(10)9-3-4-12(13,14)5-9/h6,9-11H,3-5H2,1-2H3. The van der Waals surface area contributed by atoms with Crippen LogP contribution in [0.15, 0.2) is 9.98 Å². The second kappa shape index (κ2) is 4.27. The number of carbonyl (C=O) groups excluding carboxylic acids is 1. The minimum Gasteiger partial charge on any atom is -0.299 e. The summed E-state index contributed by atoms with van der Waals surface area (Å²) in [6, 6.07) is -0.349. The molecular weight excluding hydrogens is 226 g/mol. The predicted molar refractivity (Wildman–Crippen MR) is 61.8 cm³/mol. The Morgan fingerprint density at radius 3 is 2.76 bits per heavy atom. The van der Waals surface area contributed by atoms with Gasteiger partial charge < -0.3 is 0 Å². The molecule has 3 unspecified atom stereocenters. The molecule has 17 heavy (non-hydrogen) atoms. The molecule has 1 heterocycles. The Kier molecular flexibility index (Phi) is 3.10. The number of alkyl halides is 2. The maximum Gasteiger partial charge on any atom is 0.248 e. The smallest absolute Gasteiger partial charge is 0.248 e. The number of amidine groups is 1. The van der Waals surface area contributed by atoms with Crippen molar-refractivity contribution < 1.29 is 13.6 Å². The molecular formula is C12H16F2N2O. The van der Waals surface area contributed by atoms with E-state index < -0.39 is 11.8 Å². The van der Waals surface area contributed by atoms with Crippen LogP contribution in [0.25, 0.3) is 0 Å². The Hall–Kier alpha value is -1.13. The molecule has 5 heteroatoms. The summed E-state index contributed by atoms with van der Waals surface area (Å²) in [6.07, 6.45) is 1.74. The minimum atomic E-state index is -2.59. The lowest BCUT2D eigenvalue weighted by atomic mass is 9.85. The molecule has 3 nitrogen and oxygen atoms in total. The first-order chi connectivity index (χ1) is 7.89. The molecule has 0 bridgehead atoms. The monoisotopic (exact) mass is 242 g/mol. The van der Waals surface area contributed by atoms with Gasteiger partial charge in [0.2, 0.25) is 5.92 Å². The number of rotatable bonds is 2. The van der Waals surface area contributed by atoms with Crippen LogP contribution in [0.3, 0.4) is 0 Å². The van der Waals surface area contributed by atoms with E-state index in [4.69, 9.17) is 0 Å². The Bertz CT molecular complexity index is 390. The van der Waals surface area contributed by atoms with Gasteiger partial charge >= 0.3 is 0 Å². The van der Waals surface area contributed by atoms with Gasteiger partial charge in [0.15, 0.2) is 0 Å². The van der Waals surface area contributed by atoms with Crippen LogP contribution in [0.1, 0.15) is 33.1 Å². The maximum atomic E-state index is 13.2. The molecule has 0 aromatic carbocycles. The van der Waals surface area contributed by atoms with E-state index in [1.807, 2.05) is 0 Å². The maximum absolute atomic E-state index is 13.2. The third-order valence-electron chi connectivity index (χ3n) is 3.52. The van der Waals surface area contributed by atoms with Crippen LogP contribution < -0.4 is 0 Å². The molecule has 0 radical (unpaired) electrons. The van der Waals surface area contributed by atoms with Crippen molar-refractivity contribution in [2.24, 2.45) is 21.8 Å². The summed E-state index contributed by atoms with van der Waals surface area (Å²) >= 11 is 0. The fourth-order valence-electron chi connectivity index (χ4n) is 2.63. The van der Waals surface area contributed by atoms with E-state index in [9.17, 15) is 13.6 Å². The van der Waals surface area contributed by atoms with Crippen molar-refractivity contribution in [3.8, 4) is 0 Å². The number of hydrogen-bond acceptors (Lipinski definition) is 3. The topological polar surface area (TPSA) is 41.8 Å². The molecule has 1 fully saturated rings. The van der Waals surface area contributed by atoms with Gasteiger partial charge in [-0.15, -0.1) is 0 Å². The van der Waals surface area contributed by atoms with Gasteiger partial charge in [-0.05, 0) is 26.2 Å². The molecule has 0 aromatic heterocycles. The average Bonchev–Trinajstić information content (AvgIpc) is 2.58. The number of Topliss-reactive ketones (excluding diaryl/α,β-unsaturated/α-hetero) is 1. The number of ketones is 1. The van der Waals surface area contributed by atoms with Crippen molar-refractivity contribution in [3.63, 3.8) is 0 Å². The van der Waals surface area contributed by atoms with E-state index in [1.165, 1.54) is 6.92 Å². The summed E-state index contributed by atoms with van der Waals surface area (Å²) in [7, 11) is 0. The van der Waals surface area contributed by atoms with Crippen molar-refractivity contribution >= 4 is 17.8 Å². The van der Waals surface area contributed by atoms with E-state index in [2.05, 4.69) is 9.98 Å². The first-order valence-corrected chi connectivity index (χ1v) is 5.86. The SMILES string of the molecule is CC(=O)C1C=NC(C)=NC1C1CCC(F)(F)C1. The molecule has 0 N–H and O–H groups in total. The van der Waals surface area contributed by atoms with Gasteiger partial charge in [-0.1, -0.05) is 0 Å². The molecule has 2 rings (SSSR count). The first kappa shape index (κ1) is 12.3. The summed E-state index contributed by atoms with van der Waals surface area (Å²) in [5.74, 6) is -2.71. The second-order valence-electron chi connectivity index (χ2n) is 4.94. The average molecular weight is 242 g/mol. The largest absolute Gasteiger partial charge is 0.299 e. The summed E-state index contributed by atoms with van der Waals surface area (Å²) in [6.45, 7) is 3.19. The van der Waals surface area contributed by atoms with Crippen LogP contribution in [0, 0.1) is 11.8 Å². The molecule has 0 amide bonds. The van der Waals surface area contributed by atoms with Gasteiger partial charge in [-0.2, -0.15) is 0 Å². The Morgan fingerprint density at radius 1 is 1.53 bits per heavy atom. The van der Waals surface area contributed by atoms with Crippen molar-refractivity contribution in [2.45, 2.75) is 45.1 Å². The quantitative estimate of drug-likeness (QED) is 0.733. The summed E-state index contributed by atoms with van der Waals surface area (Å²) in [5.41, 5.74) is 0. The lowest BCUT2D eigenvalue weighted by Gasteiger charge is -2.27. The van der Waals surface area contributed by atoms with E-state index in [0.717, 1.165) is 0 Å². The van der Waals surface area contributed by atoms with Crippen LogP contribution in [0.2, 0.25) is 0 Å². The zero-order valence-electron chi connectivity index (χ0n) is 9.99. The van der Waals surface area contributed by atoms with Gasteiger partial charge in [0, 0.05) is 19.1 Å². The third kappa shape index (κ3) is 2.58. The lowest BCUT2D eigenvalue weighted by Crippen LogP contribution is -2.35. The number of nitrogens with zero attached hydrogens (tertiary/aromatic N) is 2. The molecule has 0 saturated heterocycles. The Labute approximate surface area is 99.0 Å². The van der Waals surface area contributed by atoms with Gasteiger partial charge in [0.25, 0.3) is 0 Å². The molecule has 1 saturated carbocycles. The summed E-state index contributed by atoms with van der Waals surface area (Å²) in [5, 5.41) is 0. The van der Waals surface area contributed by atoms with Crippen LogP contribution >= 0.6 is 0 Å². The van der Waals surface area contributed by atoms with Crippen molar-refractivity contribution in [1.29, 1.82) is 0 Å². The molecule has 0 aromatic rings. The van der Waals surface area contributed by atoms with E-state index >= 15 is 0 Å². The van der Waals surface area contributed by atoms with Crippen molar-refractivity contribution in [1.82, 2.24) is 0 Å². The van der Waals surface area contributed by atoms with E-state index in [1.54, 1.807) is 13.1 Å². The molecule has 3 atom stereocenters. The molecule has 1 aliphatic carbocycles. The molecule has 2 aliphatic rings. The third-order valence-corrected chi connectivity index (χ3v) is 3.52. The van der Waals surface area contributed by atoms with E-state index in [0.29, 0.717) is 12.3 Å².